The van der Waals surface area contributed by atoms with Crippen molar-refractivity contribution in [1.82, 2.24) is 5.32 Å². The summed E-state index contributed by atoms with van der Waals surface area (Å²) in [7, 11) is 0. The monoisotopic (exact) mass is 392 g/mol. The van der Waals surface area contributed by atoms with E-state index in [-0.39, 0.29) is 12.0 Å². The molecular formula is C18H17ClN2O2S2. The summed E-state index contributed by atoms with van der Waals surface area (Å²) in [4.78, 5) is 15.5. The molecule has 0 fully saturated rings. The van der Waals surface area contributed by atoms with Gasteiger partial charge in [0.05, 0.1) is 18.2 Å². The van der Waals surface area contributed by atoms with Crippen LogP contribution in [0.5, 0.6) is 0 Å². The van der Waals surface area contributed by atoms with Crippen molar-refractivity contribution in [1.29, 1.82) is 0 Å². The first-order chi connectivity index (χ1) is 12.0. The number of hydrogen-bond acceptors (Lipinski definition) is 4. The number of thiocarbonyl (C=S) groups is 1. The van der Waals surface area contributed by atoms with Gasteiger partial charge in [-0.05, 0) is 61.8 Å². The normalized spacial score (nSPS) is 17.5. The second-order valence-corrected chi connectivity index (χ2v) is 7.23. The Morgan fingerprint density at radius 1 is 1.36 bits per heavy atom. The maximum Gasteiger partial charge on any atom is 0.338 e. The summed E-state index contributed by atoms with van der Waals surface area (Å²) in [6.45, 7) is 4.00. The molecule has 0 spiro atoms. The number of esters is 1. The van der Waals surface area contributed by atoms with Crippen molar-refractivity contribution in [3.05, 3.63) is 62.9 Å². The molecule has 7 heteroatoms. The number of allylic oxidation sites excluding steroid dienone is 1. The third-order valence-corrected chi connectivity index (χ3v) is 5.38. The fourth-order valence-electron chi connectivity index (χ4n) is 2.79. The van der Waals surface area contributed by atoms with E-state index in [1.54, 1.807) is 30.4 Å². The zero-order chi connectivity index (χ0) is 18.0. The second-order valence-electron chi connectivity index (χ2n) is 5.43. The summed E-state index contributed by atoms with van der Waals surface area (Å²) in [5, 5.41) is 6.43. The molecular weight excluding hydrogens is 376 g/mol. The van der Waals surface area contributed by atoms with E-state index < -0.39 is 0 Å². The second kappa shape index (κ2) is 7.56. The molecule has 130 valence electrons. The number of nitrogens with zero attached hydrogens (tertiary/aromatic N) is 1. The van der Waals surface area contributed by atoms with Gasteiger partial charge >= 0.3 is 5.97 Å². The predicted molar refractivity (Wildman–Crippen MR) is 106 cm³/mol. The number of ether oxygens (including phenoxy) is 1. The van der Waals surface area contributed by atoms with Gasteiger partial charge in [-0.1, -0.05) is 17.7 Å². The van der Waals surface area contributed by atoms with Gasteiger partial charge in [-0.15, -0.1) is 11.3 Å². The molecule has 1 aliphatic heterocycles. The van der Waals surface area contributed by atoms with Gasteiger partial charge in [0.2, 0.25) is 0 Å². The van der Waals surface area contributed by atoms with Crippen LogP contribution < -0.4 is 10.2 Å². The van der Waals surface area contributed by atoms with E-state index in [2.05, 4.69) is 5.32 Å². The van der Waals surface area contributed by atoms with Crippen molar-refractivity contribution in [3.8, 4) is 0 Å². The molecule has 0 amide bonds. The van der Waals surface area contributed by atoms with Crippen LogP contribution in [0.4, 0.5) is 5.69 Å². The van der Waals surface area contributed by atoms with E-state index in [4.69, 9.17) is 28.6 Å². The molecule has 0 bridgehead atoms. The number of thiophene rings is 1. The van der Waals surface area contributed by atoms with Gasteiger partial charge in [-0.2, -0.15) is 0 Å². The van der Waals surface area contributed by atoms with Crippen molar-refractivity contribution in [2.45, 2.75) is 19.9 Å². The first kappa shape index (κ1) is 17.9. The van der Waals surface area contributed by atoms with E-state index in [0.29, 0.717) is 22.3 Å². The number of rotatable bonds is 4. The van der Waals surface area contributed by atoms with Crippen molar-refractivity contribution >= 4 is 51.9 Å². The number of benzene rings is 1. The van der Waals surface area contributed by atoms with Gasteiger partial charge in [-0.25, -0.2) is 4.79 Å². The quantitative estimate of drug-likeness (QED) is 0.604. The first-order valence-corrected chi connectivity index (χ1v) is 9.47. The van der Waals surface area contributed by atoms with Crippen LogP contribution in [-0.4, -0.2) is 17.7 Å². The maximum atomic E-state index is 12.6. The van der Waals surface area contributed by atoms with E-state index >= 15 is 0 Å². The Balaban J connectivity index is 2.10. The minimum atomic E-state index is -0.340. The summed E-state index contributed by atoms with van der Waals surface area (Å²) < 4.78 is 5.30. The van der Waals surface area contributed by atoms with Crippen LogP contribution in [0.25, 0.3) is 0 Å². The molecule has 2 aromatic rings. The first-order valence-electron chi connectivity index (χ1n) is 7.80. The lowest BCUT2D eigenvalue weighted by atomic mass is 10.0. The molecule has 1 aliphatic rings. The standard InChI is InChI=1S/C18H17ClN2O2S2/c1-3-23-17(22)15-11(2)21(13-8-6-12(19)7-9-13)18(24)20-16(15)14-5-4-10-25-14/h4-10,16H,3H2,1-2H3,(H,20,24)/t16-/m0/s1. The Morgan fingerprint density at radius 3 is 2.68 bits per heavy atom. The minimum absolute atomic E-state index is 0.310. The lowest BCUT2D eigenvalue weighted by Crippen LogP contribution is -2.47. The van der Waals surface area contributed by atoms with Crippen molar-refractivity contribution in [2.24, 2.45) is 0 Å². The van der Waals surface area contributed by atoms with Crippen LogP contribution in [0.3, 0.4) is 0 Å². The lowest BCUT2D eigenvalue weighted by Gasteiger charge is -2.37. The van der Waals surface area contributed by atoms with Crippen molar-refractivity contribution in [2.75, 3.05) is 11.5 Å². The Morgan fingerprint density at radius 2 is 2.08 bits per heavy atom. The Labute approximate surface area is 161 Å². The Hall–Kier alpha value is -1.89. The summed E-state index contributed by atoms with van der Waals surface area (Å²) in [6, 6.07) is 11.0. The number of nitrogens with one attached hydrogen (secondary N) is 1. The average molecular weight is 393 g/mol. The number of anilines is 1. The van der Waals surface area contributed by atoms with Crippen LogP contribution in [0, 0.1) is 0 Å². The fourth-order valence-corrected chi connectivity index (χ4v) is 4.06. The fraction of sp³-hybridized carbons (Fsp3) is 0.222. The molecule has 0 saturated heterocycles. The van der Waals surface area contributed by atoms with Gasteiger partial charge in [0.1, 0.15) is 0 Å². The van der Waals surface area contributed by atoms with Gasteiger partial charge in [0.15, 0.2) is 5.11 Å². The highest BCUT2D eigenvalue weighted by molar-refractivity contribution is 7.80. The number of carbonyl (C=O) groups is 1. The summed E-state index contributed by atoms with van der Waals surface area (Å²) >= 11 is 13.1. The number of halogens is 1. The molecule has 4 nitrogen and oxygen atoms in total. The molecule has 0 saturated carbocycles. The SMILES string of the molecule is CCOC(=O)C1=C(C)N(c2ccc(Cl)cc2)C(=S)N[C@H]1c1cccs1. The van der Waals surface area contributed by atoms with E-state index in [1.165, 1.54) is 0 Å². The van der Waals surface area contributed by atoms with Crippen molar-refractivity contribution in [3.63, 3.8) is 0 Å². The van der Waals surface area contributed by atoms with Gasteiger partial charge in [0, 0.05) is 21.3 Å². The molecule has 1 aromatic carbocycles. The molecule has 1 aromatic heterocycles. The zero-order valence-corrected chi connectivity index (χ0v) is 16.2. The maximum absolute atomic E-state index is 12.6. The summed E-state index contributed by atoms with van der Waals surface area (Å²) in [5.74, 6) is -0.340. The molecule has 1 atom stereocenters. The van der Waals surface area contributed by atoms with Crippen LogP contribution in [0.15, 0.2) is 53.0 Å². The summed E-state index contributed by atoms with van der Waals surface area (Å²) in [5.41, 5.74) is 2.15. The van der Waals surface area contributed by atoms with E-state index in [9.17, 15) is 4.79 Å². The molecule has 3 rings (SSSR count). The third-order valence-electron chi connectivity index (χ3n) is 3.89. The van der Waals surface area contributed by atoms with Gasteiger partial charge < -0.3 is 10.1 Å². The largest absolute Gasteiger partial charge is 0.463 e. The van der Waals surface area contributed by atoms with Crippen molar-refractivity contribution < 1.29 is 9.53 Å². The third kappa shape index (κ3) is 3.56. The minimum Gasteiger partial charge on any atom is -0.463 e. The van der Waals surface area contributed by atoms with Crippen LogP contribution in [0.1, 0.15) is 24.8 Å². The molecule has 25 heavy (non-hydrogen) atoms. The topological polar surface area (TPSA) is 41.6 Å². The molecule has 0 radical (unpaired) electrons. The van der Waals surface area contributed by atoms with E-state index in [1.807, 2.05) is 41.5 Å². The van der Waals surface area contributed by atoms with Crippen LogP contribution in [0.2, 0.25) is 5.02 Å². The number of hydrogen-bond donors (Lipinski definition) is 1. The van der Waals surface area contributed by atoms with Gasteiger partial charge in [-0.3, -0.25) is 4.90 Å². The Kier molecular flexibility index (Phi) is 5.42. The molecule has 0 unspecified atom stereocenters. The highest BCUT2D eigenvalue weighted by Gasteiger charge is 2.35. The zero-order valence-electron chi connectivity index (χ0n) is 13.8. The van der Waals surface area contributed by atoms with Gasteiger partial charge in [0.25, 0.3) is 0 Å². The van der Waals surface area contributed by atoms with E-state index in [0.717, 1.165) is 16.3 Å². The number of carbonyl (C=O) groups excluding carboxylic acids is 1. The smallest absolute Gasteiger partial charge is 0.338 e. The van der Waals surface area contributed by atoms with Crippen LogP contribution in [-0.2, 0) is 9.53 Å². The summed E-state index contributed by atoms with van der Waals surface area (Å²) in [6.07, 6.45) is 0. The predicted octanol–water partition coefficient (Wildman–Crippen LogP) is 4.67. The average Bonchev–Trinajstić information content (AvgIpc) is 3.10. The highest BCUT2D eigenvalue weighted by atomic mass is 35.5. The molecule has 2 heterocycles. The van der Waals surface area contributed by atoms with Crippen LogP contribution >= 0.6 is 35.2 Å². The lowest BCUT2D eigenvalue weighted by molar-refractivity contribution is -0.139. The highest BCUT2D eigenvalue weighted by Crippen LogP contribution is 2.36. The molecule has 0 aliphatic carbocycles. The Bertz CT molecular complexity index is 816. The molecule has 1 N–H and O–H groups in total.